The number of phenolic OH excluding ortho intramolecular Hbond substituents is 2. The summed E-state index contributed by atoms with van der Waals surface area (Å²) >= 11 is 3.34. The van der Waals surface area contributed by atoms with Crippen LogP contribution in [-0.4, -0.2) is 24.4 Å². The summed E-state index contributed by atoms with van der Waals surface area (Å²) in [7, 11) is 3.14. The van der Waals surface area contributed by atoms with E-state index in [-0.39, 0.29) is 11.5 Å². The molecule has 0 heterocycles. The van der Waals surface area contributed by atoms with E-state index in [4.69, 9.17) is 9.47 Å². The van der Waals surface area contributed by atoms with E-state index in [1.165, 1.54) is 0 Å². The Morgan fingerprint density at radius 1 is 1.14 bits per heavy atom. The van der Waals surface area contributed by atoms with Crippen LogP contribution in [0.3, 0.4) is 0 Å². The third-order valence-electron chi connectivity index (χ3n) is 3.28. The lowest BCUT2D eigenvalue weighted by molar-refractivity contribution is 0.185. The van der Waals surface area contributed by atoms with Crippen LogP contribution in [0.25, 0.3) is 11.1 Å². The Hall–Kier alpha value is -1.72. The van der Waals surface area contributed by atoms with E-state index in [1.807, 2.05) is 12.1 Å². The van der Waals surface area contributed by atoms with E-state index >= 15 is 0 Å². The molecule has 0 aliphatic heterocycles. The lowest BCUT2D eigenvalue weighted by Gasteiger charge is -2.17. The smallest absolute Gasteiger partial charge is 0.141 e. The van der Waals surface area contributed by atoms with Gasteiger partial charge in [-0.15, -0.1) is 0 Å². The summed E-state index contributed by atoms with van der Waals surface area (Å²) in [5.74, 6) is 0.537. The predicted molar refractivity (Wildman–Crippen MR) is 84.9 cm³/mol. The first-order valence-electron chi connectivity index (χ1n) is 6.37. The van der Waals surface area contributed by atoms with Crippen molar-refractivity contribution < 1.29 is 19.7 Å². The van der Waals surface area contributed by atoms with Crippen LogP contribution in [0.1, 0.15) is 11.1 Å². The van der Waals surface area contributed by atoms with E-state index < -0.39 is 0 Å². The summed E-state index contributed by atoms with van der Waals surface area (Å²) in [6, 6.07) is 7.09. The zero-order valence-electron chi connectivity index (χ0n) is 12.1. The molecule has 0 saturated heterocycles. The molecule has 0 aliphatic rings. The molecule has 0 aliphatic carbocycles. The molecule has 0 spiro atoms. The normalized spacial score (nSPS) is 10.7. The van der Waals surface area contributed by atoms with Crippen molar-refractivity contribution >= 4 is 15.9 Å². The molecule has 0 bridgehead atoms. The van der Waals surface area contributed by atoms with E-state index in [0.717, 1.165) is 11.1 Å². The third-order valence-corrected chi connectivity index (χ3v) is 4.28. The van der Waals surface area contributed by atoms with Gasteiger partial charge in [0.2, 0.25) is 0 Å². The molecular formula is C16H17BrO4. The fourth-order valence-electron chi connectivity index (χ4n) is 2.31. The zero-order valence-corrected chi connectivity index (χ0v) is 13.7. The molecule has 2 N–H and O–H groups in total. The molecule has 0 fully saturated rings. The fraction of sp³-hybridized carbons (Fsp3) is 0.250. The van der Waals surface area contributed by atoms with Crippen LogP contribution < -0.4 is 4.74 Å². The van der Waals surface area contributed by atoms with E-state index in [1.54, 1.807) is 33.3 Å². The maximum absolute atomic E-state index is 10.4. The Balaban J connectivity index is 2.80. The molecule has 2 aromatic rings. The minimum atomic E-state index is -0.0191. The number of hydrogen-bond acceptors (Lipinski definition) is 4. The van der Waals surface area contributed by atoms with Gasteiger partial charge in [0, 0.05) is 12.7 Å². The van der Waals surface area contributed by atoms with Crippen molar-refractivity contribution in [2.45, 2.75) is 13.5 Å². The highest BCUT2D eigenvalue weighted by Gasteiger charge is 2.21. The van der Waals surface area contributed by atoms with Crippen molar-refractivity contribution in [2.24, 2.45) is 0 Å². The lowest BCUT2D eigenvalue weighted by Crippen LogP contribution is -1.97. The number of halogens is 1. The second kappa shape index (κ2) is 6.37. The molecule has 0 saturated carbocycles. The van der Waals surface area contributed by atoms with Gasteiger partial charge >= 0.3 is 0 Å². The molecule has 0 radical (unpaired) electrons. The number of phenols is 2. The van der Waals surface area contributed by atoms with Gasteiger partial charge in [-0.25, -0.2) is 0 Å². The number of aromatic hydroxyl groups is 2. The maximum atomic E-state index is 10.4. The number of aryl methyl sites for hydroxylation is 1. The fourth-order valence-corrected chi connectivity index (χ4v) is 2.62. The highest BCUT2D eigenvalue weighted by atomic mass is 79.9. The van der Waals surface area contributed by atoms with Crippen LogP contribution in [0.15, 0.2) is 28.7 Å². The van der Waals surface area contributed by atoms with Crippen LogP contribution in [0.4, 0.5) is 0 Å². The molecule has 2 rings (SSSR count). The molecule has 21 heavy (non-hydrogen) atoms. The SMILES string of the molecule is COCc1cccc(OC)c1-c1c(O)cc(C)c(Br)c1O. The van der Waals surface area contributed by atoms with Gasteiger partial charge in [-0.3, -0.25) is 0 Å². The maximum Gasteiger partial charge on any atom is 0.141 e. The Morgan fingerprint density at radius 3 is 2.48 bits per heavy atom. The molecular weight excluding hydrogens is 336 g/mol. The van der Waals surface area contributed by atoms with Gasteiger partial charge in [0.05, 0.1) is 23.8 Å². The first-order chi connectivity index (χ1) is 10.0. The zero-order chi connectivity index (χ0) is 15.6. The molecule has 2 aromatic carbocycles. The highest BCUT2D eigenvalue weighted by molar-refractivity contribution is 9.10. The largest absolute Gasteiger partial charge is 0.507 e. The molecule has 0 atom stereocenters. The van der Waals surface area contributed by atoms with Gasteiger partial charge in [-0.05, 0) is 46.1 Å². The van der Waals surface area contributed by atoms with Crippen molar-refractivity contribution in [1.82, 2.24) is 0 Å². The van der Waals surface area contributed by atoms with Crippen molar-refractivity contribution in [3.63, 3.8) is 0 Å². The van der Waals surface area contributed by atoms with Crippen LogP contribution in [-0.2, 0) is 11.3 Å². The van der Waals surface area contributed by atoms with Crippen molar-refractivity contribution in [2.75, 3.05) is 14.2 Å². The van der Waals surface area contributed by atoms with Crippen LogP contribution in [0.2, 0.25) is 0 Å². The van der Waals surface area contributed by atoms with Gasteiger partial charge in [0.15, 0.2) is 0 Å². The number of ether oxygens (including phenoxy) is 2. The van der Waals surface area contributed by atoms with Crippen molar-refractivity contribution in [3.8, 4) is 28.4 Å². The average molecular weight is 353 g/mol. The summed E-state index contributed by atoms with van der Waals surface area (Å²) in [4.78, 5) is 0. The Morgan fingerprint density at radius 2 is 1.86 bits per heavy atom. The van der Waals surface area contributed by atoms with Crippen LogP contribution >= 0.6 is 15.9 Å². The third kappa shape index (κ3) is 2.84. The molecule has 0 amide bonds. The standard InChI is InChI=1S/C16H17BrO4/c1-9-7-11(18)14(16(19)15(9)17)13-10(8-20-2)5-4-6-12(13)21-3/h4-7,18-19H,8H2,1-3H3. The number of benzene rings is 2. The first kappa shape index (κ1) is 15.7. The van der Waals surface area contributed by atoms with E-state index in [9.17, 15) is 10.2 Å². The predicted octanol–water partition coefficient (Wildman–Crippen LogP) is 3.99. The molecule has 112 valence electrons. The number of rotatable bonds is 4. The van der Waals surface area contributed by atoms with E-state index in [2.05, 4.69) is 15.9 Å². The Labute approximate surface area is 132 Å². The first-order valence-corrected chi connectivity index (χ1v) is 7.16. The monoisotopic (exact) mass is 352 g/mol. The molecule has 0 aromatic heterocycles. The van der Waals surface area contributed by atoms with Gasteiger partial charge in [0.25, 0.3) is 0 Å². The average Bonchev–Trinajstić information content (AvgIpc) is 2.46. The van der Waals surface area contributed by atoms with E-state index in [0.29, 0.717) is 28.0 Å². The second-order valence-electron chi connectivity index (χ2n) is 4.68. The highest BCUT2D eigenvalue weighted by Crippen LogP contribution is 2.48. The number of methoxy groups -OCH3 is 2. The topological polar surface area (TPSA) is 58.9 Å². The van der Waals surface area contributed by atoms with Gasteiger partial charge in [-0.1, -0.05) is 12.1 Å². The Kier molecular flexibility index (Phi) is 4.75. The lowest BCUT2D eigenvalue weighted by atomic mass is 9.96. The summed E-state index contributed by atoms with van der Waals surface area (Å²) in [6.45, 7) is 2.14. The van der Waals surface area contributed by atoms with Gasteiger partial charge in [-0.2, -0.15) is 0 Å². The number of hydrogen-bond donors (Lipinski definition) is 2. The minimum absolute atomic E-state index is 0.00458. The van der Waals surface area contributed by atoms with Gasteiger partial charge in [0.1, 0.15) is 17.2 Å². The van der Waals surface area contributed by atoms with Crippen LogP contribution in [0.5, 0.6) is 17.2 Å². The second-order valence-corrected chi connectivity index (χ2v) is 5.47. The molecule has 5 heteroatoms. The summed E-state index contributed by atoms with van der Waals surface area (Å²) in [5.41, 5.74) is 2.52. The molecule has 4 nitrogen and oxygen atoms in total. The van der Waals surface area contributed by atoms with Gasteiger partial charge < -0.3 is 19.7 Å². The summed E-state index contributed by atoms with van der Waals surface area (Å²) < 4.78 is 11.1. The molecule has 0 unspecified atom stereocenters. The van der Waals surface area contributed by atoms with Crippen LogP contribution in [0, 0.1) is 6.92 Å². The van der Waals surface area contributed by atoms with Crippen molar-refractivity contribution in [3.05, 3.63) is 39.9 Å². The summed E-state index contributed by atoms with van der Waals surface area (Å²) in [6.07, 6.45) is 0. The van der Waals surface area contributed by atoms with Crippen molar-refractivity contribution in [1.29, 1.82) is 0 Å². The quantitative estimate of drug-likeness (QED) is 0.873. The Bertz CT molecular complexity index is 668. The summed E-state index contributed by atoms with van der Waals surface area (Å²) in [5, 5.41) is 20.7. The minimum Gasteiger partial charge on any atom is -0.507 e.